The smallest absolute Gasteiger partial charge is 0.416 e. The second-order valence-electron chi connectivity index (χ2n) is 5.44. The average Bonchev–Trinajstić information content (AvgIpc) is 3.07. The molecule has 1 aromatic carbocycles. The predicted octanol–water partition coefficient (Wildman–Crippen LogP) is 3.66. The molecule has 5 nitrogen and oxygen atoms in total. The monoisotopic (exact) mass is 407 g/mol. The average molecular weight is 407 g/mol. The first-order chi connectivity index (χ1) is 12.0. The standard InChI is InChI=1S/C16H16F3NO4S2/c1-10-5-6-11(8-12(10)16(17,18)19)26(22,23)20-13(9-15(21)24-2)14-4-3-7-25-14/h3-8,13,20H,9H2,1-2H3. The molecule has 0 saturated carbocycles. The van der Waals surface area contributed by atoms with E-state index in [-0.39, 0.29) is 12.0 Å². The van der Waals surface area contributed by atoms with E-state index in [1.807, 2.05) is 0 Å². The molecule has 142 valence electrons. The maximum absolute atomic E-state index is 13.0. The fraction of sp³-hybridized carbons (Fsp3) is 0.312. The molecule has 0 aliphatic rings. The number of carbonyl (C=O) groups is 1. The zero-order chi connectivity index (χ0) is 19.5. The molecule has 0 saturated heterocycles. The topological polar surface area (TPSA) is 72.5 Å². The largest absolute Gasteiger partial charge is 0.469 e. The van der Waals surface area contributed by atoms with Crippen LogP contribution in [0.2, 0.25) is 0 Å². The van der Waals surface area contributed by atoms with Crippen molar-refractivity contribution in [3.05, 3.63) is 51.7 Å². The Kier molecular flexibility index (Phi) is 6.09. The van der Waals surface area contributed by atoms with Crippen LogP contribution in [0, 0.1) is 6.92 Å². The van der Waals surface area contributed by atoms with Crippen molar-refractivity contribution in [1.82, 2.24) is 4.72 Å². The minimum absolute atomic E-state index is 0.0826. The van der Waals surface area contributed by atoms with Crippen molar-refractivity contribution in [2.24, 2.45) is 0 Å². The van der Waals surface area contributed by atoms with E-state index in [2.05, 4.69) is 9.46 Å². The number of hydrogen-bond acceptors (Lipinski definition) is 5. The number of methoxy groups -OCH3 is 1. The van der Waals surface area contributed by atoms with Crippen LogP contribution < -0.4 is 4.72 Å². The summed E-state index contributed by atoms with van der Waals surface area (Å²) in [6.07, 6.45) is -4.96. The second-order valence-corrected chi connectivity index (χ2v) is 8.14. The zero-order valence-electron chi connectivity index (χ0n) is 13.8. The molecule has 0 spiro atoms. The van der Waals surface area contributed by atoms with Crippen molar-refractivity contribution in [1.29, 1.82) is 0 Å². The Bertz CT molecular complexity index is 877. The summed E-state index contributed by atoms with van der Waals surface area (Å²) >= 11 is 1.21. The summed E-state index contributed by atoms with van der Waals surface area (Å²) in [5.74, 6) is -0.647. The summed E-state index contributed by atoms with van der Waals surface area (Å²) < 4.78 is 71.1. The third-order valence-electron chi connectivity index (χ3n) is 3.61. The van der Waals surface area contributed by atoms with Gasteiger partial charge in [0.1, 0.15) is 0 Å². The minimum Gasteiger partial charge on any atom is -0.469 e. The summed E-state index contributed by atoms with van der Waals surface area (Å²) in [6.45, 7) is 1.25. The molecule has 1 aromatic heterocycles. The first-order valence-electron chi connectivity index (χ1n) is 7.35. The van der Waals surface area contributed by atoms with E-state index in [0.29, 0.717) is 10.9 Å². The van der Waals surface area contributed by atoms with Crippen molar-refractivity contribution < 1.29 is 31.1 Å². The van der Waals surface area contributed by atoms with Crippen LogP contribution in [0.3, 0.4) is 0 Å². The van der Waals surface area contributed by atoms with E-state index in [4.69, 9.17) is 0 Å². The van der Waals surface area contributed by atoms with Crippen LogP contribution in [0.5, 0.6) is 0 Å². The SMILES string of the molecule is COC(=O)CC(NS(=O)(=O)c1ccc(C)c(C(F)(F)F)c1)c1cccs1. The third-order valence-corrected chi connectivity index (χ3v) is 6.06. The first-order valence-corrected chi connectivity index (χ1v) is 9.71. The highest BCUT2D eigenvalue weighted by molar-refractivity contribution is 7.89. The lowest BCUT2D eigenvalue weighted by atomic mass is 10.1. The summed E-state index contributed by atoms with van der Waals surface area (Å²) in [7, 11) is -3.13. The van der Waals surface area contributed by atoms with Crippen LogP contribution in [0.25, 0.3) is 0 Å². The number of alkyl halides is 3. The quantitative estimate of drug-likeness (QED) is 0.742. The summed E-state index contributed by atoms with van der Waals surface area (Å²) in [5, 5.41) is 1.70. The van der Waals surface area contributed by atoms with Gasteiger partial charge in [0.2, 0.25) is 10.0 Å². The molecular formula is C16H16F3NO4S2. The fourth-order valence-electron chi connectivity index (χ4n) is 2.27. The molecule has 0 aliphatic carbocycles. The Balaban J connectivity index is 2.38. The van der Waals surface area contributed by atoms with E-state index in [1.165, 1.54) is 18.3 Å². The van der Waals surface area contributed by atoms with Gasteiger partial charge in [-0.1, -0.05) is 12.1 Å². The number of nitrogens with one attached hydrogen (secondary N) is 1. The fourth-order valence-corrected chi connectivity index (χ4v) is 4.36. The van der Waals surface area contributed by atoms with Gasteiger partial charge in [0.05, 0.1) is 30.0 Å². The van der Waals surface area contributed by atoms with Crippen LogP contribution in [-0.4, -0.2) is 21.5 Å². The van der Waals surface area contributed by atoms with Gasteiger partial charge in [-0.15, -0.1) is 11.3 Å². The number of sulfonamides is 1. The molecule has 1 atom stereocenters. The van der Waals surface area contributed by atoms with Crippen molar-refractivity contribution in [3.8, 4) is 0 Å². The summed E-state index contributed by atoms with van der Waals surface area (Å²) in [4.78, 5) is 11.6. The van der Waals surface area contributed by atoms with E-state index >= 15 is 0 Å². The van der Waals surface area contributed by atoms with E-state index in [1.54, 1.807) is 17.5 Å². The Morgan fingerprint density at radius 1 is 1.31 bits per heavy atom. The summed E-state index contributed by atoms with van der Waals surface area (Å²) in [6, 6.07) is 5.13. The van der Waals surface area contributed by atoms with Crippen LogP contribution in [-0.2, 0) is 25.7 Å². The Labute approximate surface area is 152 Å². The normalized spacial score (nSPS) is 13.4. The van der Waals surface area contributed by atoms with Gasteiger partial charge in [0.15, 0.2) is 0 Å². The van der Waals surface area contributed by atoms with Crippen molar-refractivity contribution >= 4 is 27.3 Å². The maximum Gasteiger partial charge on any atom is 0.416 e. The Morgan fingerprint density at radius 3 is 2.54 bits per heavy atom. The molecule has 0 bridgehead atoms. The van der Waals surface area contributed by atoms with Crippen LogP contribution in [0.4, 0.5) is 13.2 Å². The number of halogens is 3. The number of esters is 1. The highest BCUT2D eigenvalue weighted by Crippen LogP contribution is 2.33. The number of aryl methyl sites for hydroxylation is 1. The molecule has 1 unspecified atom stereocenters. The van der Waals surface area contributed by atoms with Crippen molar-refractivity contribution in [2.45, 2.75) is 30.5 Å². The van der Waals surface area contributed by atoms with Gasteiger partial charge in [-0.25, -0.2) is 13.1 Å². The van der Waals surface area contributed by atoms with Gasteiger partial charge in [-0.05, 0) is 36.1 Å². The number of ether oxygens (including phenoxy) is 1. The van der Waals surface area contributed by atoms with Crippen LogP contribution in [0.15, 0.2) is 40.6 Å². The van der Waals surface area contributed by atoms with Gasteiger partial charge in [0, 0.05) is 4.88 Å². The Morgan fingerprint density at radius 2 is 2.00 bits per heavy atom. The molecule has 1 heterocycles. The molecule has 0 radical (unpaired) electrons. The minimum atomic E-state index is -4.67. The second kappa shape index (κ2) is 7.77. The number of rotatable bonds is 6. The van der Waals surface area contributed by atoms with Gasteiger partial charge in [-0.3, -0.25) is 4.79 Å². The maximum atomic E-state index is 13.0. The van der Waals surface area contributed by atoms with Crippen LogP contribution in [0.1, 0.15) is 28.5 Å². The van der Waals surface area contributed by atoms with Crippen LogP contribution >= 0.6 is 11.3 Å². The molecule has 1 N–H and O–H groups in total. The Hall–Kier alpha value is -1.91. The molecular weight excluding hydrogens is 391 g/mol. The van der Waals surface area contributed by atoms with Gasteiger partial charge >= 0.3 is 12.1 Å². The van der Waals surface area contributed by atoms with Gasteiger partial charge in [0.25, 0.3) is 0 Å². The molecule has 26 heavy (non-hydrogen) atoms. The number of hydrogen-bond donors (Lipinski definition) is 1. The van der Waals surface area contributed by atoms with Crippen molar-refractivity contribution in [3.63, 3.8) is 0 Å². The molecule has 2 aromatic rings. The molecule has 0 aliphatic heterocycles. The van der Waals surface area contributed by atoms with Crippen molar-refractivity contribution in [2.75, 3.05) is 7.11 Å². The highest BCUT2D eigenvalue weighted by atomic mass is 32.2. The zero-order valence-corrected chi connectivity index (χ0v) is 15.5. The molecule has 2 rings (SSSR count). The lowest BCUT2D eigenvalue weighted by Crippen LogP contribution is -2.30. The van der Waals surface area contributed by atoms with E-state index in [9.17, 15) is 26.4 Å². The lowest BCUT2D eigenvalue weighted by Gasteiger charge is -2.18. The molecule has 0 fully saturated rings. The first kappa shape index (κ1) is 20.4. The third kappa shape index (κ3) is 4.83. The number of benzene rings is 1. The lowest BCUT2D eigenvalue weighted by molar-refractivity contribution is -0.141. The summed E-state index contributed by atoms with van der Waals surface area (Å²) in [5.41, 5.74) is -1.11. The number of carbonyl (C=O) groups excluding carboxylic acids is 1. The molecule has 10 heteroatoms. The van der Waals surface area contributed by atoms with E-state index < -0.39 is 38.7 Å². The van der Waals surface area contributed by atoms with E-state index in [0.717, 1.165) is 19.2 Å². The molecule has 0 amide bonds. The predicted molar refractivity (Wildman–Crippen MR) is 90.2 cm³/mol. The number of thiophene rings is 1. The highest BCUT2D eigenvalue weighted by Gasteiger charge is 2.34. The van der Waals surface area contributed by atoms with Gasteiger partial charge < -0.3 is 4.74 Å². The van der Waals surface area contributed by atoms with Gasteiger partial charge in [-0.2, -0.15) is 13.2 Å².